The summed E-state index contributed by atoms with van der Waals surface area (Å²) in [4.78, 5) is 16.0. The molecule has 5 heteroatoms. The minimum absolute atomic E-state index is 0.000951. The Kier molecular flexibility index (Phi) is 5.28. The number of nitrogens with zero attached hydrogens (tertiary/aromatic N) is 1. The molecule has 0 atom stereocenters. The molecule has 0 radical (unpaired) electrons. The van der Waals surface area contributed by atoms with Gasteiger partial charge < -0.3 is 10.6 Å². The zero-order chi connectivity index (χ0) is 13.8. The summed E-state index contributed by atoms with van der Waals surface area (Å²) in [6.45, 7) is 8.77. The van der Waals surface area contributed by atoms with Gasteiger partial charge in [-0.05, 0) is 55.8 Å². The molecule has 1 aromatic rings. The number of hydrogen-bond donors (Lipinski definition) is 2. The summed E-state index contributed by atoms with van der Waals surface area (Å²) < 4.78 is 0.771. The smallest absolute Gasteiger partial charge is 0.225 e. The van der Waals surface area contributed by atoms with Crippen molar-refractivity contribution in [1.82, 2.24) is 10.3 Å². The molecule has 0 saturated heterocycles. The van der Waals surface area contributed by atoms with Gasteiger partial charge in [-0.1, -0.05) is 0 Å². The molecule has 0 aliphatic carbocycles. The second-order valence-electron chi connectivity index (χ2n) is 5.24. The van der Waals surface area contributed by atoms with Crippen molar-refractivity contribution < 1.29 is 4.79 Å². The number of aromatic nitrogens is 1. The first-order valence-corrected chi connectivity index (χ1v) is 6.75. The van der Waals surface area contributed by atoms with Crippen molar-refractivity contribution in [3.05, 3.63) is 22.4 Å². The van der Waals surface area contributed by atoms with E-state index in [1.807, 2.05) is 19.1 Å². The monoisotopic (exact) mass is 313 g/mol. The van der Waals surface area contributed by atoms with Crippen molar-refractivity contribution in [3.63, 3.8) is 0 Å². The van der Waals surface area contributed by atoms with Crippen LogP contribution >= 0.6 is 15.9 Å². The largest absolute Gasteiger partial charge is 0.324 e. The highest BCUT2D eigenvalue weighted by Crippen LogP contribution is 2.16. The van der Waals surface area contributed by atoms with Gasteiger partial charge in [-0.2, -0.15) is 0 Å². The lowest BCUT2D eigenvalue weighted by atomic mass is 10.1. The first-order chi connectivity index (χ1) is 8.28. The van der Waals surface area contributed by atoms with Crippen molar-refractivity contribution in [3.8, 4) is 0 Å². The number of amides is 1. The fraction of sp³-hybridized carbons (Fsp3) is 0.538. The number of halogens is 1. The number of nitrogens with one attached hydrogen (secondary N) is 2. The Morgan fingerprint density at radius 1 is 1.39 bits per heavy atom. The third-order valence-corrected chi connectivity index (χ3v) is 2.77. The third-order valence-electron chi connectivity index (χ3n) is 2.33. The van der Waals surface area contributed by atoms with E-state index >= 15 is 0 Å². The molecule has 0 spiro atoms. The maximum Gasteiger partial charge on any atom is 0.225 e. The predicted molar refractivity (Wildman–Crippen MR) is 77.7 cm³/mol. The van der Waals surface area contributed by atoms with Gasteiger partial charge in [0.05, 0.1) is 11.4 Å². The van der Waals surface area contributed by atoms with Gasteiger partial charge >= 0.3 is 0 Å². The van der Waals surface area contributed by atoms with Gasteiger partial charge in [-0.25, -0.2) is 4.98 Å². The van der Waals surface area contributed by atoms with Crippen LogP contribution in [0.4, 0.5) is 5.69 Å². The maximum atomic E-state index is 11.7. The number of hydrogen-bond acceptors (Lipinski definition) is 3. The van der Waals surface area contributed by atoms with Crippen LogP contribution in [-0.2, 0) is 4.79 Å². The van der Waals surface area contributed by atoms with Gasteiger partial charge in [-0.15, -0.1) is 0 Å². The number of anilines is 1. The molecule has 1 amide bonds. The van der Waals surface area contributed by atoms with Crippen molar-refractivity contribution in [2.45, 2.75) is 39.7 Å². The summed E-state index contributed by atoms with van der Waals surface area (Å²) in [5, 5.41) is 6.14. The second kappa shape index (κ2) is 6.29. The predicted octanol–water partition coefficient (Wildman–Crippen LogP) is 2.87. The fourth-order valence-corrected chi connectivity index (χ4v) is 1.82. The van der Waals surface area contributed by atoms with Crippen LogP contribution in [0.25, 0.3) is 0 Å². The average Bonchev–Trinajstić information content (AvgIpc) is 2.20. The summed E-state index contributed by atoms with van der Waals surface area (Å²) in [6.07, 6.45) is 0.451. The van der Waals surface area contributed by atoms with Crippen molar-refractivity contribution in [2.75, 3.05) is 11.9 Å². The quantitative estimate of drug-likeness (QED) is 0.840. The number of aryl methyl sites for hydroxylation is 1. The Morgan fingerprint density at radius 2 is 2.06 bits per heavy atom. The van der Waals surface area contributed by atoms with E-state index in [0.717, 1.165) is 16.0 Å². The summed E-state index contributed by atoms with van der Waals surface area (Å²) in [5.41, 5.74) is 1.61. The Hall–Kier alpha value is -0.940. The minimum Gasteiger partial charge on any atom is -0.324 e. The molecule has 0 aromatic carbocycles. The molecule has 100 valence electrons. The van der Waals surface area contributed by atoms with E-state index in [2.05, 4.69) is 52.3 Å². The van der Waals surface area contributed by atoms with Crippen LogP contribution in [0.15, 0.2) is 16.7 Å². The molecule has 0 fully saturated rings. The molecule has 0 saturated carbocycles. The first kappa shape index (κ1) is 15.1. The second-order valence-corrected chi connectivity index (χ2v) is 6.05. The van der Waals surface area contributed by atoms with E-state index < -0.39 is 0 Å². The molecule has 1 heterocycles. The van der Waals surface area contributed by atoms with E-state index in [4.69, 9.17) is 0 Å². The van der Waals surface area contributed by atoms with Crippen molar-refractivity contribution in [1.29, 1.82) is 0 Å². The molecule has 1 rings (SSSR count). The standard InChI is InChI=1S/C13H20BrN3O/c1-9-10(5-6-11(14)16-9)17-12(18)7-8-15-13(2,3)4/h5-6,15H,7-8H2,1-4H3,(H,17,18). The Labute approximate surface area is 117 Å². The highest BCUT2D eigenvalue weighted by molar-refractivity contribution is 9.10. The van der Waals surface area contributed by atoms with E-state index in [1.54, 1.807) is 0 Å². The van der Waals surface area contributed by atoms with Gasteiger partial charge in [0.1, 0.15) is 4.60 Å². The highest BCUT2D eigenvalue weighted by Gasteiger charge is 2.10. The van der Waals surface area contributed by atoms with Crippen LogP contribution < -0.4 is 10.6 Å². The third kappa shape index (κ3) is 5.60. The average molecular weight is 314 g/mol. The molecule has 0 unspecified atom stereocenters. The number of carbonyl (C=O) groups excluding carboxylic acids is 1. The van der Waals surface area contributed by atoms with Crippen LogP contribution in [0, 0.1) is 6.92 Å². The lowest BCUT2D eigenvalue weighted by molar-refractivity contribution is -0.116. The zero-order valence-corrected chi connectivity index (χ0v) is 12.9. The van der Waals surface area contributed by atoms with E-state index in [-0.39, 0.29) is 11.4 Å². The van der Waals surface area contributed by atoms with Crippen molar-refractivity contribution in [2.24, 2.45) is 0 Å². The molecule has 1 aromatic heterocycles. The Morgan fingerprint density at radius 3 is 2.61 bits per heavy atom. The van der Waals surface area contributed by atoms with Crippen LogP contribution in [0.2, 0.25) is 0 Å². The normalized spacial score (nSPS) is 11.4. The lowest BCUT2D eigenvalue weighted by Crippen LogP contribution is -2.37. The van der Waals surface area contributed by atoms with Crippen LogP contribution in [0.1, 0.15) is 32.9 Å². The Balaban J connectivity index is 2.45. The van der Waals surface area contributed by atoms with Gasteiger partial charge in [0, 0.05) is 18.5 Å². The number of rotatable bonds is 4. The summed E-state index contributed by atoms with van der Waals surface area (Å²) in [5.74, 6) is -0.000951. The number of pyridine rings is 1. The fourth-order valence-electron chi connectivity index (χ4n) is 1.43. The molecule has 0 aliphatic heterocycles. The molecule has 4 nitrogen and oxygen atoms in total. The maximum absolute atomic E-state index is 11.7. The van der Waals surface area contributed by atoms with E-state index in [9.17, 15) is 4.79 Å². The SMILES string of the molecule is Cc1nc(Br)ccc1NC(=O)CCNC(C)(C)C. The lowest BCUT2D eigenvalue weighted by Gasteiger charge is -2.20. The van der Waals surface area contributed by atoms with Gasteiger partial charge in [0.15, 0.2) is 0 Å². The first-order valence-electron chi connectivity index (χ1n) is 5.96. The van der Waals surface area contributed by atoms with E-state index in [1.165, 1.54) is 0 Å². The van der Waals surface area contributed by atoms with Gasteiger partial charge in [-0.3, -0.25) is 4.79 Å². The molecule has 0 aliphatic rings. The van der Waals surface area contributed by atoms with Crippen LogP contribution in [0.5, 0.6) is 0 Å². The van der Waals surface area contributed by atoms with E-state index in [0.29, 0.717) is 13.0 Å². The summed E-state index contributed by atoms with van der Waals surface area (Å²) >= 11 is 3.29. The topological polar surface area (TPSA) is 54.0 Å². The zero-order valence-electron chi connectivity index (χ0n) is 11.3. The molecular weight excluding hydrogens is 294 g/mol. The molecule has 2 N–H and O–H groups in total. The summed E-state index contributed by atoms with van der Waals surface area (Å²) in [7, 11) is 0. The minimum atomic E-state index is -0.000951. The Bertz CT molecular complexity index is 427. The van der Waals surface area contributed by atoms with Gasteiger partial charge in [0.25, 0.3) is 0 Å². The molecular formula is C13H20BrN3O. The molecule has 18 heavy (non-hydrogen) atoms. The number of carbonyl (C=O) groups is 1. The van der Waals surface area contributed by atoms with Crippen LogP contribution in [0.3, 0.4) is 0 Å². The van der Waals surface area contributed by atoms with Crippen LogP contribution in [-0.4, -0.2) is 23.0 Å². The van der Waals surface area contributed by atoms with Crippen molar-refractivity contribution >= 4 is 27.5 Å². The molecule has 0 bridgehead atoms. The highest BCUT2D eigenvalue weighted by atomic mass is 79.9. The van der Waals surface area contributed by atoms with Gasteiger partial charge in [0.2, 0.25) is 5.91 Å². The summed E-state index contributed by atoms with van der Waals surface area (Å²) in [6, 6.07) is 3.66.